The van der Waals surface area contributed by atoms with E-state index in [0.717, 1.165) is 34.7 Å². The summed E-state index contributed by atoms with van der Waals surface area (Å²) in [6.45, 7) is 1.61. The van der Waals surface area contributed by atoms with Crippen LogP contribution in [0.15, 0.2) is 54.0 Å². The number of likely N-dealkylation sites (tertiary alicyclic amines) is 2. The average molecular weight is 798 g/mol. The Hall–Kier alpha value is -4.38. The quantitative estimate of drug-likeness (QED) is 0.202. The van der Waals surface area contributed by atoms with Gasteiger partial charge in [0.15, 0.2) is 0 Å². The smallest absolute Gasteiger partial charge is 0.425 e. The number of halogens is 6. The van der Waals surface area contributed by atoms with Gasteiger partial charge in [-0.3, -0.25) is 19.4 Å². The van der Waals surface area contributed by atoms with Gasteiger partial charge in [0.25, 0.3) is 11.8 Å². The maximum Gasteiger partial charge on any atom is 0.425 e. The Labute approximate surface area is 317 Å². The molecule has 298 valence electrons. The van der Waals surface area contributed by atoms with Gasteiger partial charge in [-0.2, -0.15) is 26.3 Å². The Morgan fingerprint density at radius 2 is 1.71 bits per heavy atom. The molecule has 2 aromatic heterocycles. The molecule has 2 saturated heterocycles. The van der Waals surface area contributed by atoms with Gasteiger partial charge in [-0.15, -0.1) is 11.3 Å². The zero-order valence-electron chi connectivity index (χ0n) is 29.9. The SMILES string of the molecule is CCCC1N(C(=O)c2ncccc2C(F)(F)F)CCCC1(Oc1csc(C(F)(F)F)c1)C(=O)N1CCC(O)(c2ccccc2OC2CCC(C(=O)O)C2)CC1. The highest BCUT2D eigenvalue weighted by Gasteiger charge is 2.57. The molecule has 10 nitrogen and oxygen atoms in total. The van der Waals surface area contributed by atoms with Crippen LogP contribution >= 0.6 is 11.3 Å². The van der Waals surface area contributed by atoms with Crippen molar-refractivity contribution in [3.05, 3.63) is 75.7 Å². The molecule has 6 rings (SSSR count). The fourth-order valence-electron chi connectivity index (χ4n) is 8.10. The lowest BCUT2D eigenvalue weighted by Crippen LogP contribution is -2.68. The monoisotopic (exact) mass is 797 g/mol. The number of nitrogens with zero attached hydrogens (tertiary/aromatic N) is 3. The number of carbonyl (C=O) groups is 3. The van der Waals surface area contributed by atoms with Gasteiger partial charge < -0.3 is 29.5 Å². The molecule has 1 saturated carbocycles. The number of carboxylic acids is 1. The van der Waals surface area contributed by atoms with E-state index in [9.17, 15) is 50.9 Å². The third-order valence-electron chi connectivity index (χ3n) is 10.8. The maximum atomic E-state index is 14.9. The zero-order valence-corrected chi connectivity index (χ0v) is 30.7. The molecule has 4 atom stereocenters. The van der Waals surface area contributed by atoms with Crippen molar-refractivity contribution in [2.24, 2.45) is 5.92 Å². The number of carbonyl (C=O) groups excluding carboxylic acids is 2. The second kappa shape index (κ2) is 15.6. The lowest BCUT2D eigenvalue weighted by atomic mass is 9.78. The second-order valence-electron chi connectivity index (χ2n) is 14.3. The van der Waals surface area contributed by atoms with Crippen molar-refractivity contribution in [2.75, 3.05) is 19.6 Å². The number of rotatable bonds is 10. The van der Waals surface area contributed by atoms with Crippen LogP contribution in [0.4, 0.5) is 26.3 Å². The van der Waals surface area contributed by atoms with Crippen LogP contribution in [0.3, 0.4) is 0 Å². The third-order valence-corrected chi connectivity index (χ3v) is 11.8. The molecule has 1 aromatic carbocycles. The van der Waals surface area contributed by atoms with E-state index in [-0.39, 0.29) is 63.6 Å². The molecule has 3 aromatic rings. The van der Waals surface area contributed by atoms with Crippen LogP contribution in [0.1, 0.15) is 91.2 Å². The largest absolute Gasteiger partial charge is 0.490 e. The highest BCUT2D eigenvalue weighted by atomic mass is 32.1. The number of ether oxygens (including phenoxy) is 2. The van der Waals surface area contributed by atoms with Crippen LogP contribution in [0.5, 0.6) is 11.5 Å². The number of hydrogen-bond acceptors (Lipinski definition) is 8. The van der Waals surface area contributed by atoms with Gasteiger partial charge in [0.1, 0.15) is 22.1 Å². The molecule has 2 aliphatic heterocycles. The van der Waals surface area contributed by atoms with E-state index in [1.54, 1.807) is 31.2 Å². The number of pyridine rings is 1. The summed E-state index contributed by atoms with van der Waals surface area (Å²) < 4.78 is 95.7. The van der Waals surface area contributed by atoms with Crippen LogP contribution < -0.4 is 9.47 Å². The van der Waals surface area contributed by atoms with E-state index in [1.807, 2.05) is 0 Å². The Kier molecular flexibility index (Phi) is 11.5. The number of aliphatic hydroxyl groups is 1. The van der Waals surface area contributed by atoms with Gasteiger partial charge in [-0.05, 0) is 63.1 Å². The standard InChI is InChI=1S/C38H41F6N3O7S/c1-2-7-29-36(54-25-21-30(55-22-25)38(42,43)44,13-6-17-47(29)32(48)31-27(37(39,40)41)9-5-16-45-31)34(51)46-18-14-35(52,15-19-46)26-8-3-4-10-28(26)53-24-12-11-23(20-24)33(49)50/h3-5,8-10,16,21-24,29,52H,2,6-7,11-15,17-20H2,1H3,(H,49,50). The predicted molar refractivity (Wildman–Crippen MR) is 186 cm³/mol. The van der Waals surface area contributed by atoms with E-state index >= 15 is 0 Å². The van der Waals surface area contributed by atoms with Crippen LogP contribution in [-0.4, -0.2) is 80.2 Å². The summed E-state index contributed by atoms with van der Waals surface area (Å²) in [5, 5.41) is 22.5. The minimum absolute atomic E-state index is 0.0122. The normalized spacial score (nSPS) is 24.4. The van der Waals surface area contributed by atoms with Crippen molar-refractivity contribution in [3.63, 3.8) is 0 Å². The summed E-state index contributed by atoms with van der Waals surface area (Å²) in [7, 11) is 0. The van der Waals surface area contributed by atoms with Gasteiger partial charge in [0, 0.05) is 49.3 Å². The number of alkyl halides is 6. The lowest BCUT2D eigenvalue weighted by Gasteiger charge is -2.51. The number of para-hydroxylation sites is 1. The number of amides is 2. The highest BCUT2D eigenvalue weighted by Crippen LogP contribution is 2.45. The minimum Gasteiger partial charge on any atom is -0.490 e. The second-order valence-corrected chi connectivity index (χ2v) is 15.3. The van der Waals surface area contributed by atoms with Crippen molar-refractivity contribution in [1.29, 1.82) is 0 Å². The van der Waals surface area contributed by atoms with Gasteiger partial charge in [0.2, 0.25) is 5.60 Å². The summed E-state index contributed by atoms with van der Waals surface area (Å²) in [4.78, 5) is 45.8. The summed E-state index contributed by atoms with van der Waals surface area (Å²) >= 11 is 0.361. The van der Waals surface area contributed by atoms with Crippen molar-refractivity contribution in [1.82, 2.24) is 14.8 Å². The minimum atomic E-state index is -4.92. The molecule has 1 aliphatic carbocycles. The Morgan fingerprint density at radius 3 is 2.35 bits per heavy atom. The molecule has 0 radical (unpaired) electrons. The van der Waals surface area contributed by atoms with E-state index in [2.05, 4.69) is 4.98 Å². The van der Waals surface area contributed by atoms with Crippen LogP contribution in [-0.2, 0) is 27.5 Å². The summed E-state index contributed by atoms with van der Waals surface area (Å²) in [5.74, 6) is -3.07. The van der Waals surface area contributed by atoms with E-state index < -0.39 is 69.4 Å². The van der Waals surface area contributed by atoms with Gasteiger partial charge in [-0.25, -0.2) is 0 Å². The first kappa shape index (κ1) is 40.3. The fourth-order valence-corrected chi connectivity index (χ4v) is 8.77. The molecule has 3 aliphatic rings. The van der Waals surface area contributed by atoms with E-state index in [1.165, 1.54) is 4.90 Å². The molecule has 17 heteroatoms. The summed E-state index contributed by atoms with van der Waals surface area (Å²) in [5.41, 5.74) is -5.15. The number of hydrogen-bond donors (Lipinski definition) is 2. The van der Waals surface area contributed by atoms with Crippen molar-refractivity contribution >= 4 is 29.1 Å². The van der Waals surface area contributed by atoms with Crippen molar-refractivity contribution in [3.8, 4) is 11.5 Å². The molecular weight excluding hydrogens is 756 g/mol. The van der Waals surface area contributed by atoms with Gasteiger partial charge in [-0.1, -0.05) is 31.5 Å². The zero-order chi connectivity index (χ0) is 39.8. The molecule has 0 spiro atoms. The molecule has 0 bridgehead atoms. The van der Waals surface area contributed by atoms with Crippen LogP contribution in [0.25, 0.3) is 0 Å². The molecule has 2 N–H and O–H groups in total. The average Bonchev–Trinajstić information content (AvgIpc) is 3.82. The first-order valence-electron chi connectivity index (χ1n) is 18.2. The third kappa shape index (κ3) is 8.27. The Morgan fingerprint density at radius 1 is 0.982 bits per heavy atom. The number of benzene rings is 1. The molecule has 55 heavy (non-hydrogen) atoms. The predicted octanol–water partition coefficient (Wildman–Crippen LogP) is 7.55. The maximum absolute atomic E-state index is 14.9. The van der Waals surface area contributed by atoms with Gasteiger partial charge >= 0.3 is 18.3 Å². The molecular formula is C38H41F6N3O7S. The molecule has 4 heterocycles. The highest BCUT2D eigenvalue weighted by molar-refractivity contribution is 7.10. The topological polar surface area (TPSA) is 130 Å². The van der Waals surface area contributed by atoms with Crippen LogP contribution in [0, 0.1) is 5.92 Å². The number of aromatic nitrogens is 1. The van der Waals surface area contributed by atoms with E-state index in [0.29, 0.717) is 48.3 Å². The molecule has 3 fully saturated rings. The summed E-state index contributed by atoms with van der Waals surface area (Å²) in [6.07, 6.45) is -7.19. The number of aliphatic carboxylic acids is 1. The first-order valence-corrected chi connectivity index (χ1v) is 19.0. The summed E-state index contributed by atoms with van der Waals surface area (Å²) in [6, 6.07) is 8.19. The van der Waals surface area contributed by atoms with E-state index in [4.69, 9.17) is 9.47 Å². The number of carboxylic acid groups (broad SMARTS) is 1. The number of piperidine rings is 2. The molecule has 2 amide bonds. The van der Waals surface area contributed by atoms with Crippen molar-refractivity contribution < 1.29 is 60.4 Å². The Bertz CT molecular complexity index is 1880. The first-order chi connectivity index (χ1) is 26.0. The lowest BCUT2D eigenvalue weighted by molar-refractivity contribution is -0.163. The Balaban J connectivity index is 1.31. The van der Waals surface area contributed by atoms with Crippen LogP contribution in [0.2, 0.25) is 0 Å². The van der Waals surface area contributed by atoms with Gasteiger partial charge in [0.05, 0.1) is 29.2 Å². The molecule has 4 unspecified atom stereocenters. The number of thiophene rings is 1. The van der Waals surface area contributed by atoms with Crippen molar-refractivity contribution in [2.45, 2.75) is 100 Å². The fraction of sp³-hybridized carbons (Fsp3) is 0.526.